The molecule has 4 rings (SSSR count). The number of carbonyl (C=O) groups is 1. The van der Waals surface area contributed by atoms with Crippen LogP contribution in [0.1, 0.15) is 45.4 Å². The van der Waals surface area contributed by atoms with Gasteiger partial charge in [0.1, 0.15) is 5.02 Å². The summed E-state index contributed by atoms with van der Waals surface area (Å²) in [6, 6.07) is 0.348. The highest BCUT2D eigenvalue weighted by atomic mass is 35.5. The number of rotatable bonds is 5. The number of nitrogens with zero attached hydrogens (tertiary/aromatic N) is 6. The Hall–Kier alpha value is -2.35. The number of carbonyl (C=O) groups excluding carboxylic acids is 1. The fourth-order valence-electron chi connectivity index (χ4n) is 4.98. The van der Waals surface area contributed by atoms with Gasteiger partial charge >= 0.3 is 0 Å². The maximum absolute atomic E-state index is 12.2. The number of piperidine rings is 1. The monoisotopic (exact) mass is 431 g/mol. The minimum Gasteiger partial charge on any atom is -0.355 e. The van der Waals surface area contributed by atoms with Crippen LogP contribution in [0, 0.1) is 5.41 Å². The van der Waals surface area contributed by atoms with E-state index in [1.54, 1.807) is 17.1 Å². The largest absolute Gasteiger partial charge is 0.355 e. The molecule has 1 aliphatic heterocycles. The van der Waals surface area contributed by atoms with Gasteiger partial charge in [-0.15, -0.1) is 0 Å². The Morgan fingerprint density at radius 1 is 1.40 bits per heavy atom. The maximum Gasteiger partial charge on any atom is 0.229 e. The normalized spacial score (nSPS) is 23.7. The first-order valence-electron chi connectivity index (χ1n) is 10.7. The van der Waals surface area contributed by atoms with Crippen molar-refractivity contribution < 1.29 is 4.79 Å². The van der Waals surface area contributed by atoms with Crippen LogP contribution in [0.15, 0.2) is 18.6 Å². The fourth-order valence-corrected chi connectivity index (χ4v) is 5.20. The lowest BCUT2D eigenvalue weighted by Crippen LogP contribution is -2.45. The number of aryl methyl sites for hydroxylation is 1. The van der Waals surface area contributed by atoms with Gasteiger partial charge in [0.2, 0.25) is 11.9 Å². The molecule has 0 bridgehead atoms. The third kappa shape index (κ3) is 4.24. The average molecular weight is 432 g/mol. The first-order valence-corrected chi connectivity index (χ1v) is 11.1. The van der Waals surface area contributed by atoms with Gasteiger partial charge in [-0.05, 0) is 37.5 Å². The minimum atomic E-state index is 0.221. The summed E-state index contributed by atoms with van der Waals surface area (Å²) in [4.78, 5) is 25.5. The fraction of sp³-hybridized carbons (Fsp3) is 0.619. The average Bonchev–Trinajstić information content (AvgIpc) is 3.34. The van der Waals surface area contributed by atoms with E-state index in [9.17, 15) is 4.79 Å². The topological polar surface area (TPSA) is 79.2 Å². The second kappa shape index (κ2) is 8.41. The summed E-state index contributed by atoms with van der Waals surface area (Å²) in [5, 5.41) is 7.89. The Labute approximate surface area is 182 Å². The van der Waals surface area contributed by atoms with E-state index in [0.717, 1.165) is 50.3 Å². The molecule has 2 unspecified atom stereocenters. The predicted octanol–water partition coefficient (Wildman–Crippen LogP) is 3.61. The zero-order valence-electron chi connectivity index (χ0n) is 17.9. The van der Waals surface area contributed by atoms with Gasteiger partial charge in [0, 0.05) is 45.8 Å². The van der Waals surface area contributed by atoms with Crippen molar-refractivity contribution in [3.8, 4) is 0 Å². The van der Waals surface area contributed by atoms with Gasteiger partial charge in [-0.3, -0.25) is 9.48 Å². The van der Waals surface area contributed by atoms with Crippen molar-refractivity contribution >= 4 is 35.0 Å². The molecule has 3 heterocycles. The highest BCUT2D eigenvalue weighted by molar-refractivity contribution is 6.32. The standard InChI is InChI=1S/C21H30ClN7O/c1-4-18(30)29-9-5-7-21(14-29)8-6-16(10-21)28(3)19-17(22)12-23-20(26-19)25-15-11-24-27(2)13-15/h11-13,16H,4-10,14H2,1-3H3,(H,23,25,26). The maximum atomic E-state index is 12.2. The number of halogens is 1. The number of hydrogen-bond donors (Lipinski definition) is 1. The van der Waals surface area contributed by atoms with Gasteiger partial charge in [0.25, 0.3) is 0 Å². The Balaban J connectivity index is 1.47. The summed E-state index contributed by atoms with van der Waals surface area (Å²) in [6.45, 7) is 3.73. The number of anilines is 3. The van der Waals surface area contributed by atoms with E-state index in [0.29, 0.717) is 23.4 Å². The van der Waals surface area contributed by atoms with Gasteiger partial charge in [-0.25, -0.2) is 4.98 Å². The van der Waals surface area contributed by atoms with E-state index in [2.05, 4.69) is 37.2 Å². The molecule has 0 aromatic carbocycles. The molecule has 1 aliphatic carbocycles. The van der Waals surface area contributed by atoms with Gasteiger partial charge in [-0.2, -0.15) is 10.1 Å². The van der Waals surface area contributed by atoms with Crippen LogP contribution in [0.2, 0.25) is 5.02 Å². The van der Waals surface area contributed by atoms with Gasteiger partial charge in [0.05, 0.1) is 18.1 Å². The van der Waals surface area contributed by atoms with Crippen LogP contribution in [-0.2, 0) is 11.8 Å². The van der Waals surface area contributed by atoms with E-state index in [-0.39, 0.29) is 11.3 Å². The van der Waals surface area contributed by atoms with Crippen molar-refractivity contribution in [3.05, 3.63) is 23.6 Å². The summed E-state index contributed by atoms with van der Waals surface area (Å²) in [5.41, 5.74) is 1.05. The number of amides is 1. The highest BCUT2D eigenvalue weighted by Crippen LogP contribution is 2.47. The van der Waals surface area contributed by atoms with Crippen LogP contribution in [0.4, 0.5) is 17.5 Å². The summed E-state index contributed by atoms with van der Waals surface area (Å²) >= 11 is 6.47. The smallest absolute Gasteiger partial charge is 0.229 e. The van der Waals surface area contributed by atoms with Crippen LogP contribution in [0.5, 0.6) is 0 Å². The Morgan fingerprint density at radius 3 is 2.97 bits per heavy atom. The zero-order chi connectivity index (χ0) is 21.3. The van der Waals surface area contributed by atoms with Gasteiger partial charge in [-0.1, -0.05) is 18.5 Å². The molecule has 1 spiro atoms. The third-order valence-corrected chi connectivity index (χ3v) is 6.83. The molecule has 30 heavy (non-hydrogen) atoms. The summed E-state index contributed by atoms with van der Waals surface area (Å²) in [7, 11) is 3.92. The van der Waals surface area contributed by atoms with Crippen molar-refractivity contribution in [2.45, 2.75) is 51.5 Å². The van der Waals surface area contributed by atoms with Gasteiger partial charge in [0.15, 0.2) is 5.82 Å². The van der Waals surface area contributed by atoms with Crippen molar-refractivity contribution in [2.24, 2.45) is 12.5 Å². The molecular formula is C21H30ClN7O. The first kappa shape index (κ1) is 20.9. The van der Waals surface area contributed by atoms with Gasteiger partial charge < -0.3 is 15.1 Å². The SMILES string of the molecule is CCC(=O)N1CCCC2(CCC(N(C)c3nc(Nc4cnn(C)c4)ncc3Cl)C2)C1. The minimum absolute atomic E-state index is 0.221. The van der Waals surface area contributed by atoms with Crippen molar-refractivity contribution in [2.75, 3.05) is 30.4 Å². The third-order valence-electron chi connectivity index (χ3n) is 6.56. The summed E-state index contributed by atoms with van der Waals surface area (Å²) < 4.78 is 1.72. The number of hydrogen-bond acceptors (Lipinski definition) is 6. The molecule has 2 atom stereocenters. The lowest BCUT2D eigenvalue weighted by atomic mass is 9.78. The van der Waals surface area contributed by atoms with Crippen LogP contribution >= 0.6 is 11.6 Å². The first-order chi connectivity index (χ1) is 14.4. The van der Waals surface area contributed by atoms with Crippen LogP contribution in [-0.4, -0.2) is 56.7 Å². The molecule has 1 N–H and O–H groups in total. The molecule has 2 aliphatic rings. The molecule has 162 valence electrons. The van der Waals surface area contributed by atoms with Crippen LogP contribution < -0.4 is 10.2 Å². The quantitative estimate of drug-likeness (QED) is 0.778. The van der Waals surface area contributed by atoms with E-state index < -0.39 is 0 Å². The van der Waals surface area contributed by atoms with E-state index in [4.69, 9.17) is 11.6 Å². The molecular weight excluding hydrogens is 402 g/mol. The second-order valence-corrected chi connectivity index (χ2v) is 9.08. The Bertz CT molecular complexity index is 917. The Kier molecular flexibility index (Phi) is 5.86. The number of likely N-dealkylation sites (tertiary alicyclic amines) is 1. The Morgan fingerprint density at radius 2 is 2.23 bits per heavy atom. The predicted molar refractivity (Wildman–Crippen MR) is 118 cm³/mol. The van der Waals surface area contributed by atoms with E-state index in [1.165, 1.54) is 6.42 Å². The molecule has 8 nitrogen and oxygen atoms in total. The number of aromatic nitrogens is 4. The molecule has 1 saturated carbocycles. The number of nitrogens with one attached hydrogen (secondary N) is 1. The van der Waals surface area contributed by atoms with Crippen LogP contribution in [0.3, 0.4) is 0 Å². The van der Waals surface area contributed by atoms with Crippen molar-refractivity contribution in [3.63, 3.8) is 0 Å². The lowest BCUT2D eigenvalue weighted by Gasteiger charge is -2.41. The molecule has 1 amide bonds. The zero-order valence-corrected chi connectivity index (χ0v) is 18.7. The molecule has 2 aromatic rings. The summed E-state index contributed by atoms with van der Waals surface area (Å²) in [5.74, 6) is 1.51. The highest BCUT2D eigenvalue weighted by Gasteiger charge is 2.44. The molecule has 2 fully saturated rings. The van der Waals surface area contributed by atoms with Crippen molar-refractivity contribution in [1.29, 1.82) is 0 Å². The van der Waals surface area contributed by atoms with Crippen molar-refractivity contribution in [1.82, 2.24) is 24.6 Å². The summed E-state index contributed by atoms with van der Waals surface area (Å²) in [6.07, 6.45) is 11.4. The molecule has 0 radical (unpaired) electrons. The molecule has 2 aromatic heterocycles. The molecule has 1 saturated heterocycles. The van der Waals surface area contributed by atoms with E-state index >= 15 is 0 Å². The van der Waals surface area contributed by atoms with E-state index in [1.807, 2.05) is 20.2 Å². The lowest BCUT2D eigenvalue weighted by molar-refractivity contribution is -0.134. The second-order valence-electron chi connectivity index (χ2n) is 8.67. The molecule has 9 heteroatoms. The van der Waals surface area contributed by atoms with Crippen LogP contribution in [0.25, 0.3) is 0 Å².